The third-order valence-electron chi connectivity index (χ3n) is 6.35. The predicted octanol–water partition coefficient (Wildman–Crippen LogP) is 5.07. The topological polar surface area (TPSA) is 87.0 Å². The Balaban J connectivity index is 3.25. The van der Waals surface area contributed by atoms with Crippen molar-refractivity contribution in [2.45, 2.75) is 91.1 Å². The summed E-state index contributed by atoms with van der Waals surface area (Å²) < 4.78 is 5.13. The van der Waals surface area contributed by atoms with Gasteiger partial charge in [0.25, 0.3) is 0 Å². The minimum absolute atomic E-state index is 0.00745. The lowest BCUT2D eigenvalue weighted by Crippen LogP contribution is -2.50. The quantitative estimate of drug-likeness (QED) is 0.224. The number of carbonyl (C=O) groups is 1. The van der Waals surface area contributed by atoms with Crippen molar-refractivity contribution in [3.05, 3.63) is 24.0 Å². The fourth-order valence-corrected chi connectivity index (χ4v) is 4.51. The molecular weight excluding hydrogens is 368 g/mol. The zero-order valence-electron chi connectivity index (χ0n) is 18.8. The van der Waals surface area contributed by atoms with E-state index in [-0.39, 0.29) is 30.1 Å². The Kier molecular flexibility index (Phi) is 11.0. The van der Waals surface area contributed by atoms with Crippen molar-refractivity contribution in [1.29, 1.82) is 0 Å². The molecule has 0 spiro atoms. The van der Waals surface area contributed by atoms with E-state index in [2.05, 4.69) is 20.8 Å². The van der Waals surface area contributed by atoms with Gasteiger partial charge in [0, 0.05) is 6.61 Å². The van der Waals surface area contributed by atoms with Crippen LogP contribution < -0.4 is 0 Å². The van der Waals surface area contributed by atoms with Crippen LogP contribution in [0.25, 0.3) is 0 Å². The van der Waals surface area contributed by atoms with Gasteiger partial charge in [0.2, 0.25) is 0 Å². The molecule has 1 aliphatic carbocycles. The number of aliphatic hydroxyl groups excluding tert-OH is 3. The summed E-state index contributed by atoms with van der Waals surface area (Å²) in [6.07, 6.45) is 12.4. The van der Waals surface area contributed by atoms with Gasteiger partial charge < -0.3 is 20.1 Å². The second-order valence-corrected chi connectivity index (χ2v) is 9.14. The maximum Gasteiger partial charge on any atom is 0.322 e. The lowest BCUT2D eigenvalue weighted by molar-refractivity contribution is -0.165. The third kappa shape index (κ3) is 6.85. The van der Waals surface area contributed by atoms with E-state index in [1.807, 2.05) is 0 Å². The van der Waals surface area contributed by atoms with Crippen molar-refractivity contribution in [1.82, 2.24) is 0 Å². The molecule has 29 heavy (non-hydrogen) atoms. The van der Waals surface area contributed by atoms with Crippen LogP contribution in [0.4, 0.5) is 0 Å². The second kappa shape index (κ2) is 12.4. The fraction of sp³-hybridized carbons (Fsp3) is 0.792. The van der Waals surface area contributed by atoms with Crippen LogP contribution in [0, 0.1) is 16.7 Å². The summed E-state index contributed by atoms with van der Waals surface area (Å²) >= 11 is 0. The molecule has 0 aromatic rings. The number of esters is 1. The number of rotatable bonds is 13. The standard InChI is InChI=1S/C24H42O5/c1-5-6-16-23(2,3)17-15-21(27)24(22(28)29-4,19-12-9-10-13-19)20(26)14-8-7-11-18-25/h7-8,15,19-20,25-27H,5-6,9-14,16-18H2,1-4H3/b8-7-,21-15+/t20-,24-/m1/s1. The Hall–Kier alpha value is -1.33. The highest BCUT2D eigenvalue weighted by Crippen LogP contribution is 2.49. The molecule has 3 N–H and O–H groups in total. The molecule has 0 saturated heterocycles. The first-order valence-corrected chi connectivity index (χ1v) is 11.2. The monoisotopic (exact) mass is 410 g/mol. The first kappa shape index (κ1) is 25.7. The molecule has 1 rings (SSSR count). The predicted molar refractivity (Wildman–Crippen MR) is 117 cm³/mol. The molecular formula is C24H42O5. The van der Waals surface area contributed by atoms with E-state index in [0.29, 0.717) is 12.8 Å². The summed E-state index contributed by atoms with van der Waals surface area (Å²) in [6.45, 7) is 6.52. The minimum Gasteiger partial charge on any atom is -0.511 e. The lowest BCUT2D eigenvalue weighted by Gasteiger charge is -2.39. The smallest absolute Gasteiger partial charge is 0.322 e. The number of allylic oxidation sites excluding steroid dienone is 1. The highest BCUT2D eigenvalue weighted by atomic mass is 16.5. The summed E-state index contributed by atoms with van der Waals surface area (Å²) in [5.41, 5.74) is -1.43. The molecule has 1 fully saturated rings. The Labute approximate surface area is 176 Å². The van der Waals surface area contributed by atoms with Gasteiger partial charge >= 0.3 is 5.97 Å². The Morgan fingerprint density at radius 2 is 1.90 bits per heavy atom. The van der Waals surface area contributed by atoms with E-state index in [1.54, 1.807) is 18.2 Å². The van der Waals surface area contributed by atoms with Crippen LogP contribution in [0.1, 0.15) is 85.0 Å². The van der Waals surface area contributed by atoms with Gasteiger partial charge in [0.15, 0.2) is 5.41 Å². The first-order valence-electron chi connectivity index (χ1n) is 11.2. The summed E-state index contributed by atoms with van der Waals surface area (Å²) in [6, 6.07) is 0. The maximum atomic E-state index is 13.0. The van der Waals surface area contributed by atoms with Gasteiger partial charge in [0.05, 0.1) is 13.2 Å². The maximum absolute atomic E-state index is 13.0. The van der Waals surface area contributed by atoms with Crippen molar-refractivity contribution in [3.8, 4) is 0 Å². The van der Waals surface area contributed by atoms with E-state index >= 15 is 0 Å². The Morgan fingerprint density at radius 1 is 1.24 bits per heavy atom. The van der Waals surface area contributed by atoms with E-state index in [0.717, 1.165) is 44.9 Å². The zero-order valence-corrected chi connectivity index (χ0v) is 18.8. The molecule has 0 amide bonds. The summed E-state index contributed by atoms with van der Waals surface area (Å²) in [7, 11) is 1.32. The van der Waals surface area contributed by atoms with Crippen LogP contribution in [0.5, 0.6) is 0 Å². The number of hydrogen-bond donors (Lipinski definition) is 3. The molecule has 0 aromatic heterocycles. The Morgan fingerprint density at radius 3 is 2.45 bits per heavy atom. The van der Waals surface area contributed by atoms with Crippen LogP contribution in [0.15, 0.2) is 24.0 Å². The Bertz CT molecular complexity index is 545. The summed E-state index contributed by atoms with van der Waals surface area (Å²) in [5.74, 6) is -0.761. The highest BCUT2D eigenvalue weighted by Gasteiger charge is 2.55. The van der Waals surface area contributed by atoms with Gasteiger partial charge in [-0.15, -0.1) is 0 Å². The van der Waals surface area contributed by atoms with Crippen LogP contribution >= 0.6 is 0 Å². The van der Waals surface area contributed by atoms with Crippen LogP contribution in [-0.2, 0) is 9.53 Å². The SMILES string of the molecule is CCCCC(C)(C)C/C=C(/O)[C@@](C(=O)OC)(C1CCCC1)[C@H](O)C/C=C\CCO. The average Bonchev–Trinajstić information content (AvgIpc) is 3.23. The summed E-state index contributed by atoms with van der Waals surface area (Å²) in [4.78, 5) is 13.0. The molecule has 0 aromatic carbocycles. The molecule has 1 saturated carbocycles. The fourth-order valence-electron chi connectivity index (χ4n) is 4.51. The molecule has 168 valence electrons. The molecule has 5 heteroatoms. The molecule has 0 radical (unpaired) electrons. The van der Waals surface area contributed by atoms with Crippen LogP contribution in [0.3, 0.4) is 0 Å². The van der Waals surface area contributed by atoms with Gasteiger partial charge in [-0.2, -0.15) is 0 Å². The number of methoxy groups -OCH3 is 1. The average molecular weight is 411 g/mol. The van der Waals surface area contributed by atoms with Crippen LogP contribution in [-0.4, -0.2) is 41.1 Å². The third-order valence-corrected chi connectivity index (χ3v) is 6.35. The number of aliphatic hydroxyl groups is 3. The summed E-state index contributed by atoms with van der Waals surface area (Å²) in [5, 5.41) is 31.3. The second-order valence-electron chi connectivity index (χ2n) is 9.14. The molecule has 2 atom stereocenters. The number of carbonyl (C=O) groups excluding carboxylic acids is 1. The molecule has 0 unspecified atom stereocenters. The number of hydrogen-bond acceptors (Lipinski definition) is 5. The van der Waals surface area contributed by atoms with E-state index in [1.165, 1.54) is 7.11 Å². The normalized spacial score (nSPS) is 19.4. The number of ether oxygens (including phenoxy) is 1. The van der Waals surface area contributed by atoms with Gasteiger partial charge in [-0.25, -0.2) is 0 Å². The number of unbranched alkanes of at least 4 members (excludes halogenated alkanes) is 1. The van der Waals surface area contributed by atoms with E-state index in [4.69, 9.17) is 9.84 Å². The van der Waals surface area contributed by atoms with Crippen molar-refractivity contribution in [2.24, 2.45) is 16.7 Å². The van der Waals surface area contributed by atoms with E-state index < -0.39 is 17.5 Å². The van der Waals surface area contributed by atoms with Gasteiger partial charge in [0.1, 0.15) is 5.76 Å². The van der Waals surface area contributed by atoms with Gasteiger partial charge in [-0.05, 0) is 55.9 Å². The molecule has 0 bridgehead atoms. The van der Waals surface area contributed by atoms with Crippen molar-refractivity contribution >= 4 is 5.97 Å². The lowest BCUT2D eigenvalue weighted by atomic mass is 9.67. The minimum atomic E-state index is -1.43. The molecule has 0 aliphatic heterocycles. The van der Waals surface area contributed by atoms with Gasteiger partial charge in [-0.3, -0.25) is 4.79 Å². The first-order chi connectivity index (χ1) is 13.8. The van der Waals surface area contributed by atoms with Gasteiger partial charge in [-0.1, -0.05) is 58.6 Å². The highest BCUT2D eigenvalue weighted by molar-refractivity contribution is 5.81. The largest absolute Gasteiger partial charge is 0.511 e. The van der Waals surface area contributed by atoms with E-state index in [9.17, 15) is 15.0 Å². The van der Waals surface area contributed by atoms with Crippen LogP contribution in [0.2, 0.25) is 0 Å². The molecule has 0 heterocycles. The molecule has 1 aliphatic rings. The van der Waals surface area contributed by atoms with Crippen molar-refractivity contribution < 1.29 is 24.9 Å². The molecule has 5 nitrogen and oxygen atoms in total. The van der Waals surface area contributed by atoms with Crippen molar-refractivity contribution in [2.75, 3.05) is 13.7 Å². The zero-order chi connectivity index (χ0) is 21.9. The van der Waals surface area contributed by atoms with Crippen molar-refractivity contribution in [3.63, 3.8) is 0 Å².